The maximum atomic E-state index is 12.8. The molecule has 0 unspecified atom stereocenters. The van der Waals surface area contributed by atoms with Gasteiger partial charge in [0, 0.05) is 41.9 Å². The summed E-state index contributed by atoms with van der Waals surface area (Å²) in [6, 6.07) is 23.9. The number of benzene rings is 2. The van der Waals surface area contributed by atoms with Gasteiger partial charge in [0.15, 0.2) is 5.11 Å². The Morgan fingerprint density at radius 2 is 1.76 bits per heavy atom. The first-order valence-electron chi connectivity index (χ1n) is 12.9. The Hall–Kier alpha value is -3.97. The number of aryl methyl sites for hydroxylation is 2. The highest BCUT2D eigenvalue weighted by Crippen LogP contribution is 2.41. The number of anilines is 1. The van der Waals surface area contributed by atoms with Crippen molar-refractivity contribution in [3.05, 3.63) is 113 Å². The van der Waals surface area contributed by atoms with Crippen molar-refractivity contribution in [3.8, 4) is 5.69 Å². The predicted octanol–water partition coefficient (Wildman–Crippen LogP) is 6.11. The molecular weight excluding hydrogens is 490 g/mol. The third-order valence-corrected chi connectivity index (χ3v) is 7.79. The maximum Gasteiger partial charge on any atom is 0.226 e. The highest BCUT2D eigenvalue weighted by Gasteiger charge is 2.41. The molecule has 2 N–H and O–H groups in total. The third kappa shape index (κ3) is 4.94. The van der Waals surface area contributed by atoms with Gasteiger partial charge in [0.1, 0.15) is 0 Å². The number of hydrogen-bond acceptors (Lipinski definition) is 3. The second-order valence-electron chi connectivity index (χ2n) is 9.87. The molecule has 3 heterocycles. The topological polar surface area (TPSA) is 62.2 Å². The zero-order valence-corrected chi connectivity index (χ0v) is 23.0. The lowest BCUT2D eigenvalue weighted by Gasteiger charge is -2.28. The van der Waals surface area contributed by atoms with Crippen molar-refractivity contribution in [1.29, 1.82) is 0 Å². The number of carbonyl (C=O) groups is 1. The van der Waals surface area contributed by atoms with Crippen LogP contribution in [-0.4, -0.2) is 32.0 Å². The summed E-state index contributed by atoms with van der Waals surface area (Å²) in [4.78, 5) is 19.6. The highest BCUT2D eigenvalue weighted by atomic mass is 32.1. The summed E-state index contributed by atoms with van der Waals surface area (Å²) >= 11 is 5.84. The number of pyridine rings is 1. The molecule has 6 nitrogen and oxygen atoms in total. The van der Waals surface area contributed by atoms with E-state index in [2.05, 4.69) is 77.0 Å². The molecule has 194 valence electrons. The van der Waals surface area contributed by atoms with E-state index in [4.69, 9.17) is 12.2 Å². The van der Waals surface area contributed by atoms with E-state index in [1.165, 1.54) is 22.4 Å². The molecular formula is C31H33N5OS. The van der Waals surface area contributed by atoms with Crippen LogP contribution in [0.2, 0.25) is 0 Å². The zero-order chi connectivity index (χ0) is 26.8. The number of nitrogens with one attached hydrogen (secondary N) is 2. The van der Waals surface area contributed by atoms with E-state index in [0.717, 1.165) is 22.8 Å². The van der Waals surface area contributed by atoms with Crippen molar-refractivity contribution in [2.75, 3.05) is 11.9 Å². The standard InChI is InChI=1S/C31H33N5OS/c1-20-11-10-15-27(22(20)3)36-21(2)19-25(23(36)4)30-29(26-14-8-9-17-32-26)34-31(38)35(30)18-16-28(37)33-24-12-6-5-7-13-24/h5-15,17,19,29-30H,16,18H2,1-4H3,(H,33,37)(H,34,38)/t29-,30-/m1/s1. The summed E-state index contributed by atoms with van der Waals surface area (Å²) in [5, 5.41) is 7.14. The molecule has 2 aromatic heterocycles. The largest absolute Gasteiger partial charge is 0.352 e. The van der Waals surface area contributed by atoms with Gasteiger partial charge in [-0.3, -0.25) is 9.78 Å². The molecule has 5 rings (SSSR count). The number of nitrogens with zero attached hydrogens (tertiary/aromatic N) is 3. The van der Waals surface area contributed by atoms with Crippen LogP contribution in [0.5, 0.6) is 0 Å². The van der Waals surface area contributed by atoms with Crippen LogP contribution in [0.3, 0.4) is 0 Å². The van der Waals surface area contributed by atoms with Gasteiger partial charge in [-0.2, -0.15) is 0 Å². The summed E-state index contributed by atoms with van der Waals surface area (Å²) in [5.41, 5.74) is 8.91. The number of carbonyl (C=O) groups excluding carboxylic acids is 1. The summed E-state index contributed by atoms with van der Waals surface area (Å²) in [6.45, 7) is 9.12. The van der Waals surface area contributed by atoms with E-state index >= 15 is 0 Å². The first-order chi connectivity index (χ1) is 18.3. The van der Waals surface area contributed by atoms with Crippen LogP contribution in [0, 0.1) is 27.7 Å². The third-order valence-electron chi connectivity index (χ3n) is 7.44. The van der Waals surface area contributed by atoms with Crippen molar-refractivity contribution < 1.29 is 4.79 Å². The number of thiocarbonyl (C=S) groups is 1. The molecule has 4 aromatic rings. The van der Waals surface area contributed by atoms with Gasteiger partial charge in [-0.05, 0) is 93.0 Å². The van der Waals surface area contributed by atoms with Crippen LogP contribution in [0.4, 0.5) is 5.69 Å². The molecule has 2 atom stereocenters. The second kappa shape index (κ2) is 10.8. The van der Waals surface area contributed by atoms with Crippen LogP contribution >= 0.6 is 12.2 Å². The first-order valence-corrected chi connectivity index (χ1v) is 13.3. The summed E-state index contributed by atoms with van der Waals surface area (Å²) < 4.78 is 2.33. The molecule has 0 saturated carbocycles. The fourth-order valence-electron chi connectivity index (χ4n) is 5.39. The predicted molar refractivity (Wildman–Crippen MR) is 157 cm³/mol. The van der Waals surface area contributed by atoms with Crippen molar-refractivity contribution in [3.63, 3.8) is 0 Å². The average Bonchev–Trinajstić information content (AvgIpc) is 3.40. The van der Waals surface area contributed by atoms with E-state index in [9.17, 15) is 4.79 Å². The van der Waals surface area contributed by atoms with E-state index < -0.39 is 0 Å². The van der Waals surface area contributed by atoms with E-state index in [1.807, 2.05) is 54.7 Å². The lowest BCUT2D eigenvalue weighted by molar-refractivity contribution is -0.116. The smallest absolute Gasteiger partial charge is 0.226 e. The maximum absolute atomic E-state index is 12.8. The van der Waals surface area contributed by atoms with Gasteiger partial charge >= 0.3 is 0 Å². The summed E-state index contributed by atoms with van der Waals surface area (Å²) in [6.07, 6.45) is 2.13. The lowest BCUT2D eigenvalue weighted by Crippen LogP contribution is -2.32. The number of rotatable bonds is 7. The highest BCUT2D eigenvalue weighted by molar-refractivity contribution is 7.80. The SMILES string of the molecule is Cc1cccc(-n2c(C)cc([C@@H]3[C@@H](c4ccccn4)NC(=S)N3CCC(=O)Nc3ccccc3)c2C)c1C. The van der Waals surface area contributed by atoms with Gasteiger partial charge in [-0.25, -0.2) is 0 Å². The van der Waals surface area contributed by atoms with Crippen LogP contribution in [-0.2, 0) is 4.79 Å². The lowest BCUT2D eigenvalue weighted by atomic mass is 9.96. The molecule has 0 aliphatic carbocycles. The van der Waals surface area contributed by atoms with Crippen LogP contribution in [0.1, 0.15) is 52.3 Å². The van der Waals surface area contributed by atoms with Gasteiger partial charge in [0.05, 0.1) is 17.8 Å². The van der Waals surface area contributed by atoms with Gasteiger partial charge in [0.25, 0.3) is 0 Å². The Balaban J connectivity index is 1.50. The van der Waals surface area contributed by atoms with Crippen LogP contribution < -0.4 is 10.6 Å². The molecule has 2 aromatic carbocycles. The Labute approximate surface area is 229 Å². The normalized spacial score (nSPS) is 16.9. The van der Waals surface area contributed by atoms with E-state index in [1.54, 1.807) is 0 Å². The molecule has 1 fully saturated rings. The van der Waals surface area contributed by atoms with E-state index in [-0.39, 0.29) is 18.0 Å². The monoisotopic (exact) mass is 523 g/mol. The fraction of sp³-hybridized carbons (Fsp3) is 0.258. The first kappa shape index (κ1) is 25.7. The van der Waals surface area contributed by atoms with E-state index in [0.29, 0.717) is 18.1 Å². The van der Waals surface area contributed by atoms with Crippen molar-refractivity contribution in [2.24, 2.45) is 0 Å². The quantitative estimate of drug-likeness (QED) is 0.286. The Kier molecular flexibility index (Phi) is 7.29. The Bertz CT molecular complexity index is 1460. The molecule has 1 aliphatic heterocycles. The van der Waals surface area contributed by atoms with Crippen molar-refractivity contribution in [1.82, 2.24) is 19.8 Å². The minimum Gasteiger partial charge on any atom is -0.352 e. The number of para-hydroxylation sites is 1. The molecule has 1 amide bonds. The molecule has 1 saturated heterocycles. The van der Waals surface area contributed by atoms with Crippen molar-refractivity contribution >= 4 is 28.9 Å². The Morgan fingerprint density at radius 3 is 2.50 bits per heavy atom. The van der Waals surface area contributed by atoms with Gasteiger partial charge in [-0.1, -0.05) is 36.4 Å². The summed E-state index contributed by atoms with van der Waals surface area (Å²) in [7, 11) is 0. The average molecular weight is 524 g/mol. The van der Waals surface area contributed by atoms with Gasteiger partial charge < -0.3 is 20.1 Å². The molecule has 0 bridgehead atoms. The molecule has 38 heavy (non-hydrogen) atoms. The second-order valence-corrected chi connectivity index (χ2v) is 10.3. The van der Waals surface area contributed by atoms with Crippen LogP contribution in [0.15, 0.2) is 79.0 Å². The molecule has 7 heteroatoms. The number of hydrogen-bond donors (Lipinski definition) is 2. The molecule has 1 aliphatic rings. The number of amides is 1. The molecule has 0 spiro atoms. The van der Waals surface area contributed by atoms with Gasteiger partial charge in [0.2, 0.25) is 5.91 Å². The zero-order valence-electron chi connectivity index (χ0n) is 22.2. The minimum absolute atomic E-state index is 0.0418. The van der Waals surface area contributed by atoms with Gasteiger partial charge in [-0.15, -0.1) is 0 Å². The van der Waals surface area contributed by atoms with Crippen molar-refractivity contribution in [2.45, 2.75) is 46.2 Å². The summed E-state index contributed by atoms with van der Waals surface area (Å²) in [5.74, 6) is -0.0418. The minimum atomic E-state index is -0.131. The fourth-order valence-corrected chi connectivity index (χ4v) is 5.72. The van der Waals surface area contributed by atoms with Crippen LogP contribution in [0.25, 0.3) is 5.69 Å². The number of aromatic nitrogens is 2. The molecule has 0 radical (unpaired) electrons. The Morgan fingerprint density at radius 1 is 1.00 bits per heavy atom.